The molecule has 1 aliphatic rings. The molecule has 0 amide bonds. The number of hydrogen-bond acceptors (Lipinski definition) is 1. The molecular weight excluding hydrogens is 384 g/mol. The molecule has 3 heteroatoms. The molecule has 0 aliphatic heterocycles. The molecule has 0 radical (unpaired) electrons. The second-order valence-corrected chi connectivity index (χ2v) is 8.24. The maximum atomic E-state index is 4.05. The maximum Gasteiger partial charge on any atom is 0.0488 e. The van der Waals surface area contributed by atoms with Gasteiger partial charge in [0.05, 0.1) is 0 Å². The smallest absolute Gasteiger partial charge is 0.0488 e. The lowest BCUT2D eigenvalue weighted by molar-refractivity contribution is 0.280. The van der Waals surface area contributed by atoms with Crippen LogP contribution in [0.25, 0.3) is 10.1 Å². The van der Waals surface area contributed by atoms with Gasteiger partial charge in [0.2, 0.25) is 0 Å². The summed E-state index contributed by atoms with van der Waals surface area (Å²) >= 11 is 9.57. The number of thiophene rings is 1. The summed E-state index contributed by atoms with van der Waals surface area (Å²) in [5, 5.41) is 3.77. The molecule has 1 heterocycles. The summed E-state index contributed by atoms with van der Waals surface area (Å²) in [7, 11) is 0. The lowest BCUT2D eigenvalue weighted by Crippen LogP contribution is -2.20. The van der Waals surface area contributed by atoms with Crippen LogP contribution in [0.5, 0.6) is 0 Å². The number of halogens is 2. The Morgan fingerprint density at radius 3 is 2.74 bits per heavy atom. The number of hydrogen-bond donors (Lipinski definition) is 0. The molecule has 0 spiro atoms. The lowest BCUT2D eigenvalue weighted by atomic mass is 9.77. The van der Waals surface area contributed by atoms with Gasteiger partial charge in [0.15, 0.2) is 0 Å². The highest BCUT2D eigenvalue weighted by Gasteiger charge is 2.40. The molecule has 0 nitrogen and oxygen atoms in total. The van der Waals surface area contributed by atoms with Crippen molar-refractivity contribution in [2.45, 2.75) is 43.9 Å². The van der Waals surface area contributed by atoms with Crippen LogP contribution in [-0.2, 0) is 0 Å². The van der Waals surface area contributed by atoms with Crippen LogP contribution in [0.15, 0.2) is 28.1 Å². The molecule has 1 aromatic carbocycles. The Morgan fingerprint density at radius 2 is 2.05 bits per heavy atom. The Hall–Kier alpha value is 0.140. The Morgan fingerprint density at radius 1 is 1.32 bits per heavy atom. The van der Waals surface area contributed by atoms with Crippen LogP contribution < -0.4 is 0 Å². The van der Waals surface area contributed by atoms with Crippen molar-refractivity contribution in [3.8, 4) is 0 Å². The predicted octanol–water partition coefficient (Wildman–Crippen LogP) is 7.07. The molecule has 0 bridgehead atoms. The second-order valence-electron chi connectivity index (χ2n) is 5.59. The average Bonchev–Trinajstić information content (AvgIpc) is 3.06. The van der Waals surface area contributed by atoms with E-state index >= 15 is 0 Å². The largest absolute Gasteiger partial charge is 0.142 e. The molecule has 0 N–H and O–H groups in total. The lowest BCUT2D eigenvalue weighted by Gasteiger charge is -2.33. The minimum Gasteiger partial charge on any atom is -0.142 e. The summed E-state index contributed by atoms with van der Waals surface area (Å²) in [5.74, 6) is 0. The van der Waals surface area contributed by atoms with Crippen molar-refractivity contribution in [1.29, 1.82) is 0 Å². The van der Waals surface area contributed by atoms with Crippen LogP contribution in [0.4, 0.5) is 0 Å². The van der Waals surface area contributed by atoms with Crippen LogP contribution in [0.2, 0.25) is 0 Å². The van der Waals surface area contributed by atoms with E-state index in [0.29, 0.717) is 10.2 Å². The fraction of sp³-hybridized carbons (Fsp3) is 0.500. The Labute approximate surface area is 135 Å². The highest BCUT2D eigenvalue weighted by atomic mass is 79.9. The van der Waals surface area contributed by atoms with Gasteiger partial charge in [-0.05, 0) is 63.0 Å². The van der Waals surface area contributed by atoms with Gasteiger partial charge in [-0.15, -0.1) is 11.3 Å². The van der Waals surface area contributed by atoms with Gasteiger partial charge in [0.25, 0.3) is 0 Å². The van der Waals surface area contributed by atoms with E-state index in [1.165, 1.54) is 52.2 Å². The van der Waals surface area contributed by atoms with Crippen LogP contribution in [-0.4, -0.2) is 0 Å². The fourth-order valence-corrected chi connectivity index (χ4v) is 6.42. The summed E-state index contributed by atoms with van der Waals surface area (Å²) in [4.78, 5) is 0.496. The van der Waals surface area contributed by atoms with Gasteiger partial charge in [0, 0.05) is 14.0 Å². The van der Waals surface area contributed by atoms with E-state index in [1.807, 2.05) is 11.3 Å². The van der Waals surface area contributed by atoms with E-state index in [0.717, 1.165) is 0 Å². The van der Waals surface area contributed by atoms with Gasteiger partial charge in [-0.2, -0.15) is 0 Å². The van der Waals surface area contributed by atoms with Gasteiger partial charge in [0.1, 0.15) is 0 Å². The number of alkyl halides is 1. The van der Waals surface area contributed by atoms with Crippen molar-refractivity contribution in [2.75, 3.05) is 0 Å². The van der Waals surface area contributed by atoms with Crippen LogP contribution in [0, 0.1) is 5.41 Å². The third-order valence-electron chi connectivity index (χ3n) is 4.70. The van der Waals surface area contributed by atoms with Crippen molar-refractivity contribution in [3.05, 3.63) is 33.6 Å². The van der Waals surface area contributed by atoms with Crippen molar-refractivity contribution in [1.82, 2.24) is 0 Å². The molecule has 1 fully saturated rings. The first-order valence-corrected chi connectivity index (χ1v) is 9.56. The third-order valence-corrected chi connectivity index (χ3v) is 8.13. The molecule has 1 aliphatic carbocycles. The predicted molar refractivity (Wildman–Crippen MR) is 92.4 cm³/mol. The Balaban J connectivity index is 2.06. The highest BCUT2D eigenvalue weighted by molar-refractivity contribution is 9.10. The van der Waals surface area contributed by atoms with Crippen LogP contribution in [0.1, 0.15) is 49.4 Å². The maximum absolute atomic E-state index is 4.05. The van der Waals surface area contributed by atoms with E-state index in [9.17, 15) is 0 Å². The van der Waals surface area contributed by atoms with Gasteiger partial charge in [-0.25, -0.2) is 0 Å². The van der Waals surface area contributed by atoms with Gasteiger partial charge >= 0.3 is 0 Å². The van der Waals surface area contributed by atoms with E-state index in [2.05, 4.69) is 62.4 Å². The fourth-order valence-electron chi connectivity index (χ4n) is 3.43. The minimum absolute atomic E-state index is 0.469. The summed E-state index contributed by atoms with van der Waals surface area (Å²) in [5.41, 5.74) is 1.96. The van der Waals surface area contributed by atoms with E-state index in [1.54, 1.807) is 0 Å². The van der Waals surface area contributed by atoms with Crippen LogP contribution in [0.3, 0.4) is 0 Å². The minimum atomic E-state index is 0.469. The van der Waals surface area contributed by atoms with Crippen LogP contribution >= 0.6 is 43.2 Å². The topological polar surface area (TPSA) is 0 Å². The normalized spacial score (nSPS) is 19.9. The molecule has 1 saturated carbocycles. The van der Waals surface area contributed by atoms with Gasteiger partial charge < -0.3 is 0 Å². The van der Waals surface area contributed by atoms with Gasteiger partial charge in [-0.3, -0.25) is 0 Å². The zero-order chi connectivity index (χ0) is 13.5. The first-order chi connectivity index (χ1) is 9.18. The third kappa shape index (κ3) is 2.32. The molecule has 19 heavy (non-hydrogen) atoms. The van der Waals surface area contributed by atoms with Crippen molar-refractivity contribution < 1.29 is 0 Å². The molecule has 102 valence electrons. The summed E-state index contributed by atoms with van der Waals surface area (Å²) in [6, 6.07) is 6.55. The Kier molecular flexibility index (Phi) is 4.08. The molecule has 3 rings (SSSR count). The van der Waals surface area contributed by atoms with E-state index < -0.39 is 0 Å². The standard InChI is InChI=1S/C16H18Br2S/c1-2-16(8-3-4-9-16)15(18)12-10-19-14-11(12)6-5-7-13(14)17/h5-7,10,15H,2-4,8-9H2,1H3. The highest BCUT2D eigenvalue weighted by Crippen LogP contribution is 2.56. The number of fused-ring (bicyclic) bond motifs is 1. The van der Waals surface area contributed by atoms with Crippen molar-refractivity contribution in [3.63, 3.8) is 0 Å². The molecule has 1 unspecified atom stereocenters. The summed E-state index contributed by atoms with van der Waals surface area (Å²) < 4.78 is 2.60. The van der Waals surface area contributed by atoms with Crippen molar-refractivity contribution >= 4 is 53.3 Å². The first kappa shape index (κ1) is 14.1. The molecule has 1 aromatic heterocycles. The molecular formula is C16H18Br2S. The number of rotatable bonds is 3. The zero-order valence-corrected chi connectivity index (χ0v) is 15.1. The van der Waals surface area contributed by atoms with Gasteiger partial charge in [-0.1, -0.05) is 47.8 Å². The average molecular weight is 402 g/mol. The monoisotopic (exact) mass is 400 g/mol. The summed E-state index contributed by atoms with van der Waals surface area (Å²) in [6.45, 7) is 2.35. The van der Waals surface area contributed by atoms with Crippen molar-refractivity contribution in [2.24, 2.45) is 5.41 Å². The van der Waals surface area contributed by atoms with E-state index in [-0.39, 0.29) is 0 Å². The summed E-state index contributed by atoms with van der Waals surface area (Å²) in [6.07, 6.45) is 6.78. The second kappa shape index (κ2) is 5.50. The Bertz CT molecular complexity index is 581. The molecule has 0 saturated heterocycles. The zero-order valence-electron chi connectivity index (χ0n) is 11.1. The molecule has 2 aromatic rings. The van der Waals surface area contributed by atoms with E-state index in [4.69, 9.17) is 0 Å². The first-order valence-electron chi connectivity index (χ1n) is 6.97. The quantitative estimate of drug-likeness (QED) is 0.482. The molecule has 1 atom stereocenters. The number of benzene rings is 1. The SMILES string of the molecule is CCC1(C(Br)c2csc3c(Br)cccc23)CCCC1.